The zero-order valence-electron chi connectivity index (χ0n) is 11.8. The quantitative estimate of drug-likeness (QED) is 0.869. The van der Waals surface area contributed by atoms with E-state index in [1.165, 1.54) is 36.4 Å². The summed E-state index contributed by atoms with van der Waals surface area (Å²) in [5.41, 5.74) is 2.67. The minimum absolute atomic E-state index is 0.234. The van der Waals surface area contributed by atoms with E-state index in [-0.39, 0.29) is 11.1 Å². The molecular weight excluding hydrogens is 303 g/mol. The first kappa shape index (κ1) is 14.7. The Morgan fingerprint density at radius 3 is 2.13 bits per heavy atom. The van der Waals surface area contributed by atoms with E-state index >= 15 is 0 Å². The predicted octanol–water partition coefficient (Wildman–Crippen LogP) is 1.53. The van der Waals surface area contributed by atoms with E-state index in [4.69, 9.17) is 4.74 Å². The molecule has 1 aliphatic heterocycles. The molecule has 0 saturated carbocycles. The van der Waals surface area contributed by atoms with Crippen molar-refractivity contribution in [2.24, 2.45) is 0 Å². The Labute approximate surface area is 130 Å². The lowest BCUT2D eigenvalue weighted by molar-refractivity contribution is -0.126. The Bertz CT molecular complexity index is 754. The summed E-state index contributed by atoms with van der Waals surface area (Å²) in [5.74, 6) is -2.00. The van der Waals surface area contributed by atoms with E-state index in [0.29, 0.717) is 10.8 Å². The summed E-state index contributed by atoms with van der Waals surface area (Å²) < 4.78 is 17.9. The van der Waals surface area contributed by atoms with Crippen LogP contribution in [0.4, 0.5) is 4.39 Å². The number of benzene rings is 2. The number of carbonyl (C=O) groups excluding carboxylic acids is 3. The van der Waals surface area contributed by atoms with Crippen LogP contribution < -0.4 is 10.2 Å². The smallest absolute Gasteiger partial charge is 0.280 e. The monoisotopic (exact) mass is 314 g/mol. The van der Waals surface area contributed by atoms with Crippen molar-refractivity contribution in [3.8, 4) is 5.75 Å². The lowest BCUT2D eigenvalue weighted by Crippen LogP contribution is -2.47. The van der Waals surface area contributed by atoms with Crippen molar-refractivity contribution in [1.82, 2.24) is 10.4 Å². The van der Waals surface area contributed by atoms with Crippen molar-refractivity contribution >= 4 is 17.7 Å². The van der Waals surface area contributed by atoms with Crippen LogP contribution in [-0.4, -0.2) is 29.3 Å². The van der Waals surface area contributed by atoms with Crippen molar-refractivity contribution in [3.05, 3.63) is 65.5 Å². The second-order valence-corrected chi connectivity index (χ2v) is 4.77. The Morgan fingerprint density at radius 2 is 1.57 bits per heavy atom. The number of hydrogen-bond acceptors (Lipinski definition) is 4. The van der Waals surface area contributed by atoms with Gasteiger partial charge in [0.25, 0.3) is 17.7 Å². The number of nitrogens with one attached hydrogen (secondary N) is 1. The lowest BCUT2D eigenvalue weighted by Gasteiger charge is -2.15. The molecule has 0 fully saturated rings. The van der Waals surface area contributed by atoms with Gasteiger partial charge in [0.1, 0.15) is 11.6 Å². The first-order valence-electron chi connectivity index (χ1n) is 6.72. The largest absolute Gasteiger partial charge is 0.484 e. The molecular formula is C16H11FN2O4. The molecule has 0 bridgehead atoms. The van der Waals surface area contributed by atoms with Crippen LogP contribution in [0.2, 0.25) is 0 Å². The molecule has 0 atom stereocenters. The van der Waals surface area contributed by atoms with Gasteiger partial charge in [-0.05, 0) is 36.4 Å². The molecule has 0 spiro atoms. The number of amides is 3. The maximum absolute atomic E-state index is 12.8. The van der Waals surface area contributed by atoms with Crippen molar-refractivity contribution in [3.63, 3.8) is 0 Å². The van der Waals surface area contributed by atoms with Gasteiger partial charge in [0.05, 0.1) is 11.1 Å². The molecule has 0 radical (unpaired) electrons. The van der Waals surface area contributed by atoms with E-state index in [2.05, 4.69) is 5.43 Å². The van der Waals surface area contributed by atoms with Gasteiger partial charge in [0.15, 0.2) is 6.61 Å². The third kappa shape index (κ3) is 2.89. The summed E-state index contributed by atoms with van der Waals surface area (Å²) in [7, 11) is 0. The lowest BCUT2D eigenvalue weighted by atomic mass is 10.1. The van der Waals surface area contributed by atoms with E-state index in [1.54, 1.807) is 12.1 Å². The van der Waals surface area contributed by atoms with E-state index in [0.717, 1.165) is 0 Å². The molecule has 116 valence electrons. The molecule has 3 amide bonds. The van der Waals surface area contributed by atoms with Crippen LogP contribution in [0, 0.1) is 5.82 Å². The number of fused-ring (bicyclic) bond motifs is 1. The number of nitrogens with zero attached hydrogens (tertiary/aromatic N) is 1. The molecule has 0 aromatic heterocycles. The van der Waals surface area contributed by atoms with Gasteiger partial charge in [-0.25, -0.2) is 4.39 Å². The summed E-state index contributed by atoms with van der Waals surface area (Å²) in [5, 5.41) is 0.654. The molecule has 0 saturated heterocycles. The fourth-order valence-electron chi connectivity index (χ4n) is 2.13. The molecule has 3 rings (SSSR count). The molecule has 7 heteroatoms. The molecule has 1 N–H and O–H groups in total. The summed E-state index contributed by atoms with van der Waals surface area (Å²) in [4.78, 5) is 35.9. The molecule has 0 unspecified atom stereocenters. The highest BCUT2D eigenvalue weighted by atomic mass is 19.1. The highest BCUT2D eigenvalue weighted by molar-refractivity contribution is 6.21. The first-order valence-corrected chi connectivity index (χ1v) is 6.72. The normalized spacial score (nSPS) is 13.0. The average molecular weight is 314 g/mol. The third-order valence-electron chi connectivity index (χ3n) is 3.21. The average Bonchev–Trinajstić information content (AvgIpc) is 2.80. The fourth-order valence-corrected chi connectivity index (χ4v) is 2.13. The van der Waals surface area contributed by atoms with Gasteiger partial charge in [-0.3, -0.25) is 19.8 Å². The highest BCUT2D eigenvalue weighted by Crippen LogP contribution is 2.20. The van der Waals surface area contributed by atoms with Crippen molar-refractivity contribution < 1.29 is 23.5 Å². The van der Waals surface area contributed by atoms with Gasteiger partial charge in [-0.15, -0.1) is 0 Å². The van der Waals surface area contributed by atoms with Gasteiger partial charge < -0.3 is 4.74 Å². The molecule has 2 aromatic rings. The van der Waals surface area contributed by atoms with Crippen LogP contribution in [0.25, 0.3) is 0 Å². The maximum atomic E-state index is 12.8. The van der Waals surface area contributed by atoms with Gasteiger partial charge >= 0.3 is 0 Å². The summed E-state index contributed by atoms with van der Waals surface area (Å²) in [6, 6.07) is 11.4. The SMILES string of the molecule is O=C(COc1ccc(F)cc1)NN1C(=O)c2ccccc2C1=O. The molecule has 2 aromatic carbocycles. The fraction of sp³-hybridized carbons (Fsp3) is 0.0625. The zero-order chi connectivity index (χ0) is 16.4. The third-order valence-corrected chi connectivity index (χ3v) is 3.21. The Morgan fingerprint density at radius 1 is 1.00 bits per heavy atom. The summed E-state index contributed by atoms with van der Waals surface area (Å²) >= 11 is 0. The van der Waals surface area contributed by atoms with E-state index in [9.17, 15) is 18.8 Å². The summed E-state index contributed by atoms with van der Waals surface area (Å²) in [6.45, 7) is -0.418. The number of hydrogen-bond donors (Lipinski definition) is 1. The van der Waals surface area contributed by atoms with Gasteiger partial charge in [-0.2, -0.15) is 5.01 Å². The molecule has 1 aliphatic rings. The minimum atomic E-state index is -0.677. The van der Waals surface area contributed by atoms with Gasteiger partial charge in [0.2, 0.25) is 0 Å². The maximum Gasteiger partial charge on any atom is 0.280 e. The molecule has 1 heterocycles. The van der Waals surface area contributed by atoms with Crippen LogP contribution in [0.5, 0.6) is 5.75 Å². The Hall–Kier alpha value is -3.22. The second-order valence-electron chi connectivity index (χ2n) is 4.77. The van der Waals surface area contributed by atoms with Crippen molar-refractivity contribution in [2.75, 3.05) is 6.61 Å². The minimum Gasteiger partial charge on any atom is -0.484 e. The second kappa shape index (κ2) is 5.88. The van der Waals surface area contributed by atoms with Crippen LogP contribution in [0.3, 0.4) is 0 Å². The molecule has 0 aliphatic carbocycles. The zero-order valence-corrected chi connectivity index (χ0v) is 11.8. The predicted molar refractivity (Wildman–Crippen MR) is 77.0 cm³/mol. The van der Waals surface area contributed by atoms with Crippen molar-refractivity contribution in [2.45, 2.75) is 0 Å². The van der Waals surface area contributed by atoms with Gasteiger partial charge in [-0.1, -0.05) is 12.1 Å². The molecule has 6 nitrogen and oxygen atoms in total. The summed E-state index contributed by atoms with van der Waals surface area (Å²) in [6.07, 6.45) is 0. The topological polar surface area (TPSA) is 75.7 Å². The number of halogens is 1. The number of imide groups is 1. The molecule has 23 heavy (non-hydrogen) atoms. The Balaban J connectivity index is 1.62. The van der Waals surface area contributed by atoms with Gasteiger partial charge in [0, 0.05) is 0 Å². The van der Waals surface area contributed by atoms with E-state index < -0.39 is 30.1 Å². The van der Waals surface area contributed by atoms with Crippen LogP contribution in [-0.2, 0) is 4.79 Å². The Kier molecular flexibility index (Phi) is 3.76. The number of hydrazine groups is 1. The highest BCUT2D eigenvalue weighted by Gasteiger charge is 2.36. The first-order chi connectivity index (χ1) is 11.1. The number of carbonyl (C=O) groups is 3. The van der Waals surface area contributed by atoms with Crippen LogP contribution >= 0.6 is 0 Å². The van der Waals surface area contributed by atoms with E-state index in [1.807, 2.05) is 0 Å². The standard InChI is InChI=1S/C16H11FN2O4/c17-10-5-7-11(8-6-10)23-9-14(20)18-19-15(21)12-3-1-2-4-13(12)16(19)22/h1-8H,9H2,(H,18,20). The number of rotatable bonds is 4. The van der Waals surface area contributed by atoms with Crippen LogP contribution in [0.1, 0.15) is 20.7 Å². The number of ether oxygens (including phenoxy) is 1. The van der Waals surface area contributed by atoms with Crippen LogP contribution in [0.15, 0.2) is 48.5 Å². The van der Waals surface area contributed by atoms with Crippen molar-refractivity contribution in [1.29, 1.82) is 0 Å².